The SMILES string of the molecule is COc1ccc(OC)c(C(C#N)Nc2ccc(Br)cc2)c1. The molecular formula is C16H15BrN2O2. The van der Waals surface area contributed by atoms with Crippen LogP contribution in [0.4, 0.5) is 5.69 Å². The number of nitrogens with one attached hydrogen (secondary N) is 1. The van der Waals surface area contributed by atoms with Crippen LogP contribution in [-0.4, -0.2) is 14.2 Å². The molecule has 0 aromatic heterocycles. The summed E-state index contributed by atoms with van der Waals surface area (Å²) in [4.78, 5) is 0. The Hall–Kier alpha value is -2.19. The summed E-state index contributed by atoms with van der Waals surface area (Å²) in [7, 11) is 3.18. The first-order chi connectivity index (χ1) is 10.2. The molecule has 108 valence electrons. The van der Waals surface area contributed by atoms with Gasteiger partial charge in [0, 0.05) is 15.7 Å². The number of nitriles is 1. The molecule has 1 unspecified atom stereocenters. The average Bonchev–Trinajstić information content (AvgIpc) is 2.53. The predicted molar refractivity (Wildman–Crippen MR) is 85.7 cm³/mol. The van der Waals surface area contributed by atoms with Crippen LogP contribution >= 0.6 is 15.9 Å². The van der Waals surface area contributed by atoms with Gasteiger partial charge in [-0.1, -0.05) is 15.9 Å². The maximum Gasteiger partial charge on any atom is 0.143 e. The number of hydrogen-bond acceptors (Lipinski definition) is 4. The summed E-state index contributed by atoms with van der Waals surface area (Å²) in [6.07, 6.45) is 0. The third kappa shape index (κ3) is 3.67. The van der Waals surface area contributed by atoms with Crippen LogP contribution in [0.5, 0.6) is 11.5 Å². The van der Waals surface area contributed by atoms with E-state index in [0.29, 0.717) is 11.5 Å². The standard InChI is InChI=1S/C16H15BrN2O2/c1-20-13-7-8-16(21-2)14(9-13)15(10-18)19-12-5-3-11(17)4-6-12/h3-9,15,19H,1-2H3. The number of methoxy groups -OCH3 is 2. The van der Waals surface area contributed by atoms with Gasteiger partial charge in [0.15, 0.2) is 0 Å². The zero-order valence-corrected chi connectivity index (χ0v) is 13.3. The Balaban J connectivity index is 2.32. The molecule has 0 aliphatic rings. The molecule has 4 nitrogen and oxygen atoms in total. The zero-order valence-electron chi connectivity index (χ0n) is 11.8. The minimum absolute atomic E-state index is 0.531. The number of benzene rings is 2. The Morgan fingerprint density at radius 2 is 1.81 bits per heavy atom. The van der Waals surface area contributed by atoms with Crippen molar-refractivity contribution in [2.45, 2.75) is 6.04 Å². The van der Waals surface area contributed by atoms with Gasteiger partial charge in [0.2, 0.25) is 0 Å². The first kappa shape index (κ1) is 15.2. The molecule has 0 heterocycles. The van der Waals surface area contributed by atoms with E-state index in [9.17, 15) is 5.26 Å². The van der Waals surface area contributed by atoms with Gasteiger partial charge in [0.05, 0.1) is 20.3 Å². The largest absolute Gasteiger partial charge is 0.497 e. The maximum atomic E-state index is 9.46. The Kier molecular flexibility index (Phi) is 5.07. The molecular weight excluding hydrogens is 332 g/mol. The molecule has 0 aliphatic heterocycles. The van der Waals surface area contributed by atoms with E-state index < -0.39 is 6.04 Å². The summed E-state index contributed by atoms with van der Waals surface area (Å²) >= 11 is 3.39. The van der Waals surface area contributed by atoms with E-state index in [1.54, 1.807) is 32.4 Å². The summed E-state index contributed by atoms with van der Waals surface area (Å²) in [5, 5.41) is 12.6. The van der Waals surface area contributed by atoms with E-state index in [2.05, 4.69) is 27.3 Å². The molecule has 0 saturated heterocycles. The van der Waals surface area contributed by atoms with E-state index in [4.69, 9.17) is 9.47 Å². The van der Waals surface area contributed by atoms with Crippen LogP contribution in [0.15, 0.2) is 46.9 Å². The van der Waals surface area contributed by atoms with Crippen LogP contribution in [-0.2, 0) is 0 Å². The van der Waals surface area contributed by atoms with Gasteiger partial charge in [-0.05, 0) is 42.5 Å². The normalized spacial score (nSPS) is 11.3. The molecule has 5 heteroatoms. The van der Waals surface area contributed by atoms with Crippen LogP contribution in [0.3, 0.4) is 0 Å². The number of rotatable bonds is 5. The topological polar surface area (TPSA) is 54.3 Å². The molecule has 0 fully saturated rings. The third-order valence-corrected chi connectivity index (χ3v) is 3.56. The van der Waals surface area contributed by atoms with Crippen molar-refractivity contribution in [3.8, 4) is 17.6 Å². The molecule has 0 spiro atoms. The molecule has 2 aromatic rings. The minimum Gasteiger partial charge on any atom is -0.497 e. The maximum absolute atomic E-state index is 9.46. The van der Waals surface area contributed by atoms with Gasteiger partial charge in [-0.2, -0.15) is 5.26 Å². The summed E-state index contributed by atoms with van der Waals surface area (Å²) in [5.41, 5.74) is 1.59. The number of nitrogens with zero attached hydrogens (tertiary/aromatic N) is 1. The van der Waals surface area contributed by atoms with Gasteiger partial charge in [-0.15, -0.1) is 0 Å². The highest BCUT2D eigenvalue weighted by atomic mass is 79.9. The van der Waals surface area contributed by atoms with E-state index in [1.165, 1.54) is 0 Å². The van der Waals surface area contributed by atoms with Gasteiger partial charge < -0.3 is 14.8 Å². The van der Waals surface area contributed by atoms with Gasteiger partial charge >= 0.3 is 0 Å². The van der Waals surface area contributed by atoms with Crippen LogP contribution < -0.4 is 14.8 Å². The second-order valence-electron chi connectivity index (χ2n) is 4.32. The lowest BCUT2D eigenvalue weighted by atomic mass is 10.1. The van der Waals surface area contributed by atoms with Gasteiger partial charge in [0.1, 0.15) is 17.5 Å². The fourth-order valence-corrected chi connectivity index (χ4v) is 2.22. The van der Waals surface area contributed by atoms with Crippen LogP contribution in [0.2, 0.25) is 0 Å². The van der Waals surface area contributed by atoms with E-state index in [-0.39, 0.29) is 0 Å². The van der Waals surface area contributed by atoms with Crippen molar-refractivity contribution in [1.82, 2.24) is 0 Å². The Morgan fingerprint density at radius 3 is 2.38 bits per heavy atom. The molecule has 0 amide bonds. The van der Waals surface area contributed by atoms with Crippen molar-refractivity contribution in [3.63, 3.8) is 0 Å². The highest BCUT2D eigenvalue weighted by Gasteiger charge is 2.16. The molecule has 1 atom stereocenters. The summed E-state index contributed by atoms with van der Waals surface area (Å²) in [5.74, 6) is 1.33. The van der Waals surface area contributed by atoms with Crippen molar-refractivity contribution in [2.75, 3.05) is 19.5 Å². The average molecular weight is 347 g/mol. The van der Waals surface area contributed by atoms with Crippen molar-refractivity contribution in [1.29, 1.82) is 5.26 Å². The minimum atomic E-state index is -0.531. The smallest absolute Gasteiger partial charge is 0.143 e. The van der Waals surface area contributed by atoms with Crippen molar-refractivity contribution >= 4 is 21.6 Å². The quantitative estimate of drug-likeness (QED) is 0.883. The van der Waals surface area contributed by atoms with E-state index in [1.807, 2.05) is 24.3 Å². The zero-order chi connectivity index (χ0) is 15.2. The van der Waals surface area contributed by atoms with E-state index in [0.717, 1.165) is 15.7 Å². The highest BCUT2D eigenvalue weighted by molar-refractivity contribution is 9.10. The Morgan fingerprint density at radius 1 is 1.10 bits per heavy atom. The lowest BCUT2D eigenvalue weighted by molar-refractivity contribution is 0.398. The summed E-state index contributed by atoms with van der Waals surface area (Å²) < 4.78 is 11.5. The first-order valence-corrected chi connectivity index (χ1v) is 7.11. The van der Waals surface area contributed by atoms with Gasteiger partial charge in [0.25, 0.3) is 0 Å². The molecule has 0 radical (unpaired) electrons. The molecule has 21 heavy (non-hydrogen) atoms. The van der Waals surface area contributed by atoms with Crippen molar-refractivity contribution in [2.24, 2.45) is 0 Å². The number of halogens is 1. The fraction of sp³-hybridized carbons (Fsp3) is 0.188. The van der Waals surface area contributed by atoms with Crippen molar-refractivity contribution in [3.05, 3.63) is 52.5 Å². The van der Waals surface area contributed by atoms with Crippen molar-refractivity contribution < 1.29 is 9.47 Å². The number of ether oxygens (including phenoxy) is 2. The highest BCUT2D eigenvalue weighted by Crippen LogP contribution is 2.31. The fourth-order valence-electron chi connectivity index (χ4n) is 1.96. The molecule has 2 rings (SSSR count). The molecule has 2 aromatic carbocycles. The molecule has 0 saturated carbocycles. The number of hydrogen-bond donors (Lipinski definition) is 1. The van der Waals surface area contributed by atoms with Gasteiger partial charge in [-0.3, -0.25) is 0 Å². The van der Waals surface area contributed by atoms with Crippen LogP contribution in [0.25, 0.3) is 0 Å². The third-order valence-electron chi connectivity index (χ3n) is 3.03. The molecule has 1 N–H and O–H groups in total. The van der Waals surface area contributed by atoms with Gasteiger partial charge in [-0.25, -0.2) is 0 Å². The summed E-state index contributed by atoms with van der Waals surface area (Å²) in [6, 6.07) is 14.8. The molecule has 0 bridgehead atoms. The van der Waals surface area contributed by atoms with E-state index >= 15 is 0 Å². The monoisotopic (exact) mass is 346 g/mol. The Bertz CT molecular complexity index is 650. The predicted octanol–water partition coefficient (Wildman–Crippen LogP) is 4.14. The first-order valence-electron chi connectivity index (χ1n) is 6.31. The number of anilines is 1. The van der Waals surface area contributed by atoms with Crippen LogP contribution in [0.1, 0.15) is 11.6 Å². The lowest BCUT2D eigenvalue weighted by Crippen LogP contribution is -2.10. The lowest BCUT2D eigenvalue weighted by Gasteiger charge is -2.17. The van der Waals surface area contributed by atoms with Crippen LogP contribution in [0, 0.1) is 11.3 Å². The summed E-state index contributed by atoms with van der Waals surface area (Å²) in [6.45, 7) is 0. The Labute approximate surface area is 132 Å². The second kappa shape index (κ2) is 7.00. The molecule has 0 aliphatic carbocycles. The second-order valence-corrected chi connectivity index (χ2v) is 5.24.